The van der Waals surface area contributed by atoms with E-state index in [9.17, 15) is 14.4 Å². The third-order valence-electron chi connectivity index (χ3n) is 8.44. The fourth-order valence-corrected chi connectivity index (χ4v) is 6.43. The van der Waals surface area contributed by atoms with E-state index in [4.69, 9.17) is 4.74 Å². The van der Waals surface area contributed by atoms with E-state index in [0.717, 1.165) is 37.8 Å². The van der Waals surface area contributed by atoms with E-state index < -0.39 is 11.3 Å². The number of methoxy groups -OCH3 is 1. The average molecular weight is 489 g/mol. The Bertz CT molecular complexity index is 743. The number of likely N-dealkylation sites (tertiary alicyclic amines) is 1. The van der Waals surface area contributed by atoms with Crippen molar-refractivity contribution in [3.05, 3.63) is 11.8 Å². The monoisotopic (exact) mass is 488 g/mol. The lowest BCUT2D eigenvalue weighted by Crippen LogP contribution is -2.53. The zero-order chi connectivity index (χ0) is 25.1. The highest BCUT2D eigenvalue weighted by Gasteiger charge is 2.53. The van der Waals surface area contributed by atoms with E-state index in [0.29, 0.717) is 31.8 Å². The Morgan fingerprint density at radius 3 is 2.54 bits per heavy atom. The molecule has 2 atom stereocenters. The first-order chi connectivity index (χ1) is 17.0. The standard InChI is InChI=1S/C29H48N2O4/c1-3-4-5-6-7-14-19-31-25-17-12-9-13-18-29(25,28(34)35-2)21-24(27(31)33)20-26(32)30-22-23-15-10-8-11-16-23/h17,23-24H,3-16,18-22H2,1-2H3,(H,30,32)/t24-,29+/m1/s1. The largest absolute Gasteiger partial charge is 0.468 e. The topological polar surface area (TPSA) is 75.7 Å². The number of carbonyl (C=O) groups excluding carboxylic acids is 3. The van der Waals surface area contributed by atoms with Crippen molar-refractivity contribution in [3.63, 3.8) is 0 Å². The van der Waals surface area contributed by atoms with Gasteiger partial charge < -0.3 is 15.0 Å². The van der Waals surface area contributed by atoms with Crippen LogP contribution in [0.2, 0.25) is 0 Å². The summed E-state index contributed by atoms with van der Waals surface area (Å²) in [5, 5.41) is 3.11. The number of fused-ring (bicyclic) bond motifs is 1. The maximum absolute atomic E-state index is 13.7. The molecule has 0 bridgehead atoms. The van der Waals surface area contributed by atoms with Crippen LogP contribution in [0.5, 0.6) is 0 Å². The van der Waals surface area contributed by atoms with Gasteiger partial charge in [0.15, 0.2) is 0 Å². The fourth-order valence-electron chi connectivity index (χ4n) is 6.43. The summed E-state index contributed by atoms with van der Waals surface area (Å²) in [5.74, 6) is -0.222. The number of hydrogen-bond donors (Lipinski definition) is 1. The Kier molecular flexibility index (Phi) is 11.1. The second-order valence-corrected chi connectivity index (χ2v) is 11.1. The minimum Gasteiger partial charge on any atom is -0.468 e. The zero-order valence-electron chi connectivity index (χ0n) is 22.2. The number of carbonyl (C=O) groups is 3. The van der Waals surface area contributed by atoms with Gasteiger partial charge in [0.05, 0.1) is 7.11 Å². The first-order valence-electron chi connectivity index (χ1n) is 14.4. The Balaban J connectivity index is 1.72. The first kappa shape index (κ1) is 27.7. The van der Waals surface area contributed by atoms with Crippen LogP contribution in [0, 0.1) is 17.3 Å². The van der Waals surface area contributed by atoms with E-state index in [1.165, 1.54) is 64.9 Å². The average Bonchev–Trinajstić information content (AvgIpc) is 3.10. The van der Waals surface area contributed by atoms with Gasteiger partial charge in [-0.3, -0.25) is 14.4 Å². The molecule has 0 aromatic heterocycles. The van der Waals surface area contributed by atoms with Crippen molar-refractivity contribution in [2.75, 3.05) is 20.2 Å². The van der Waals surface area contributed by atoms with E-state index in [1.807, 2.05) is 4.90 Å². The lowest BCUT2D eigenvalue weighted by molar-refractivity contribution is -0.159. The van der Waals surface area contributed by atoms with Gasteiger partial charge in [-0.15, -0.1) is 0 Å². The second-order valence-electron chi connectivity index (χ2n) is 11.1. The predicted molar refractivity (Wildman–Crippen MR) is 138 cm³/mol. The number of amides is 2. The minimum absolute atomic E-state index is 0.0130. The molecule has 3 aliphatic rings. The van der Waals surface area contributed by atoms with E-state index >= 15 is 0 Å². The molecule has 1 saturated carbocycles. The number of nitrogens with one attached hydrogen (secondary N) is 1. The molecule has 1 saturated heterocycles. The molecule has 198 valence electrons. The van der Waals surface area contributed by atoms with Gasteiger partial charge in [0.25, 0.3) is 0 Å². The first-order valence-corrected chi connectivity index (χ1v) is 14.4. The van der Waals surface area contributed by atoms with Crippen molar-refractivity contribution in [2.45, 2.75) is 116 Å². The number of rotatable bonds is 12. The molecular weight excluding hydrogens is 440 g/mol. The van der Waals surface area contributed by atoms with Crippen LogP contribution >= 0.6 is 0 Å². The zero-order valence-corrected chi connectivity index (χ0v) is 22.2. The highest BCUT2D eigenvalue weighted by atomic mass is 16.5. The molecular formula is C29H48N2O4. The van der Waals surface area contributed by atoms with Crippen molar-refractivity contribution < 1.29 is 19.1 Å². The van der Waals surface area contributed by atoms with E-state index in [-0.39, 0.29) is 24.2 Å². The SMILES string of the molecule is CCCCCCCCN1C(=O)[C@H](CC(=O)NCC2CCCCC2)C[C@@]2(C(=O)OC)CCCCC=C12. The lowest BCUT2D eigenvalue weighted by Gasteiger charge is -2.46. The molecule has 0 aromatic carbocycles. The maximum Gasteiger partial charge on any atom is 0.317 e. The Morgan fingerprint density at radius 2 is 1.80 bits per heavy atom. The smallest absolute Gasteiger partial charge is 0.317 e. The Morgan fingerprint density at radius 1 is 1.06 bits per heavy atom. The van der Waals surface area contributed by atoms with Crippen LogP contribution in [0.15, 0.2) is 11.8 Å². The summed E-state index contributed by atoms with van der Waals surface area (Å²) in [6, 6.07) is 0. The highest BCUT2D eigenvalue weighted by Crippen LogP contribution is 2.49. The highest BCUT2D eigenvalue weighted by molar-refractivity contribution is 5.92. The third-order valence-corrected chi connectivity index (χ3v) is 8.44. The molecule has 35 heavy (non-hydrogen) atoms. The molecule has 0 aromatic rings. The number of ether oxygens (including phenoxy) is 1. The molecule has 2 amide bonds. The summed E-state index contributed by atoms with van der Waals surface area (Å²) < 4.78 is 5.32. The number of allylic oxidation sites excluding steroid dienone is 1. The van der Waals surface area contributed by atoms with E-state index in [1.54, 1.807) is 0 Å². The summed E-state index contributed by atoms with van der Waals surface area (Å²) in [5.41, 5.74) is 0.0367. The van der Waals surface area contributed by atoms with Crippen molar-refractivity contribution in [2.24, 2.45) is 17.3 Å². The van der Waals surface area contributed by atoms with Crippen molar-refractivity contribution in [1.82, 2.24) is 10.2 Å². The number of esters is 1. The number of hydrogen-bond acceptors (Lipinski definition) is 4. The van der Waals surface area contributed by atoms with Crippen molar-refractivity contribution >= 4 is 17.8 Å². The summed E-state index contributed by atoms with van der Waals surface area (Å²) in [6.45, 7) is 3.53. The van der Waals surface area contributed by atoms with Gasteiger partial charge in [-0.2, -0.15) is 0 Å². The van der Waals surface area contributed by atoms with Gasteiger partial charge in [-0.1, -0.05) is 70.8 Å². The van der Waals surface area contributed by atoms with Crippen molar-refractivity contribution in [3.8, 4) is 0 Å². The molecule has 1 N–H and O–H groups in total. The maximum atomic E-state index is 13.7. The van der Waals surface area contributed by atoms with Gasteiger partial charge in [0, 0.05) is 31.1 Å². The van der Waals surface area contributed by atoms with Crippen LogP contribution in [-0.4, -0.2) is 42.9 Å². The van der Waals surface area contributed by atoms with Gasteiger partial charge in [0.2, 0.25) is 11.8 Å². The molecule has 3 rings (SSSR count). The third kappa shape index (κ3) is 7.33. The van der Waals surface area contributed by atoms with Crippen LogP contribution in [0.4, 0.5) is 0 Å². The molecule has 2 aliphatic carbocycles. The minimum atomic E-state index is -0.810. The molecule has 0 radical (unpaired) electrons. The Hall–Kier alpha value is -1.85. The number of nitrogens with zero attached hydrogens (tertiary/aromatic N) is 1. The van der Waals surface area contributed by atoms with Gasteiger partial charge in [-0.05, 0) is 50.9 Å². The quantitative estimate of drug-likeness (QED) is 0.274. The summed E-state index contributed by atoms with van der Waals surface area (Å²) in [4.78, 5) is 41.7. The molecule has 0 unspecified atom stereocenters. The molecule has 6 heteroatoms. The van der Waals surface area contributed by atoms with Gasteiger partial charge in [0.1, 0.15) is 5.41 Å². The summed E-state index contributed by atoms with van der Waals surface area (Å²) in [7, 11) is 1.44. The van der Waals surface area contributed by atoms with Gasteiger partial charge in [-0.25, -0.2) is 0 Å². The number of unbranched alkanes of at least 4 members (excludes halogenated alkanes) is 5. The molecule has 1 aliphatic heterocycles. The fraction of sp³-hybridized carbons (Fsp3) is 0.828. The van der Waals surface area contributed by atoms with Gasteiger partial charge >= 0.3 is 5.97 Å². The van der Waals surface area contributed by atoms with Crippen LogP contribution in [0.1, 0.15) is 116 Å². The molecule has 1 heterocycles. The molecule has 0 spiro atoms. The summed E-state index contributed by atoms with van der Waals surface area (Å²) >= 11 is 0. The lowest BCUT2D eigenvalue weighted by atomic mass is 9.69. The Labute approximate surface area is 212 Å². The van der Waals surface area contributed by atoms with Crippen LogP contribution < -0.4 is 5.32 Å². The second kappa shape index (κ2) is 14.0. The van der Waals surface area contributed by atoms with Crippen molar-refractivity contribution in [1.29, 1.82) is 0 Å². The predicted octanol–water partition coefficient (Wildman–Crippen LogP) is 5.90. The van der Waals surface area contributed by atoms with Crippen LogP contribution in [-0.2, 0) is 19.1 Å². The summed E-state index contributed by atoms with van der Waals surface area (Å²) in [6.07, 6.45) is 19.1. The molecule has 6 nitrogen and oxygen atoms in total. The van der Waals surface area contributed by atoms with Crippen LogP contribution in [0.3, 0.4) is 0 Å². The van der Waals surface area contributed by atoms with Crippen LogP contribution in [0.25, 0.3) is 0 Å². The van der Waals surface area contributed by atoms with E-state index in [2.05, 4.69) is 18.3 Å². The normalized spacial score (nSPS) is 25.4. The number of piperidine rings is 1. The molecule has 2 fully saturated rings.